The molecule has 1 heterocycles. The zero-order valence-corrected chi connectivity index (χ0v) is 10.0. The van der Waals surface area contributed by atoms with Gasteiger partial charge < -0.3 is 10.1 Å². The minimum atomic E-state index is -0.0579. The highest BCUT2D eigenvalue weighted by molar-refractivity contribution is 6.43. The number of hydrogen-bond donors (Lipinski definition) is 1. The number of rotatable bonds is 3. The molecule has 0 radical (unpaired) electrons. The molecule has 1 saturated heterocycles. The van der Waals surface area contributed by atoms with Crippen molar-refractivity contribution in [1.82, 2.24) is 0 Å². The summed E-state index contributed by atoms with van der Waals surface area (Å²) < 4.78 is 5.00. The monoisotopic (exact) mass is 259 g/mol. The number of carbonyl (C=O) groups excluding carboxylic acids is 1. The number of ether oxygens (including phenoxy) is 1. The lowest BCUT2D eigenvalue weighted by Crippen LogP contribution is -2.31. The van der Waals surface area contributed by atoms with Gasteiger partial charge in [-0.15, -0.1) is 0 Å². The average molecular weight is 260 g/mol. The van der Waals surface area contributed by atoms with Gasteiger partial charge in [0.1, 0.15) is 0 Å². The first-order valence-corrected chi connectivity index (χ1v) is 5.74. The molecule has 0 unspecified atom stereocenters. The number of halogens is 2. The maximum atomic E-state index is 11.6. The minimum absolute atomic E-state index is 0.0579. The lowest BCUT2D eigenvalue weighted by atomic mass is 10.0. The molecule has 1 N–H and O–H groups in total. The minimum Gasteiger partial charge on any atom is -0.381 e. The van der Waals surface area contributed by atoms with E-state index in [1.54, 1.807) is 18.2 Å². The Morgan fingerprint density at radius 1 is 1.44 bits per heavy atom. The summed E-state index contributed by atoms with van der Waals surface area (Å²) >= 11 is 11.8. The maximum Gasteiger partial charge on any atom is 0.224 e. The molecule has 0 aliphatic carbocycles. The molecule has 1 fully saturated rings. The van der Waals surface area contributed by atoms with Gasteiger partial charge in [-0.05, 0) is 12.1 Å². The Labute approximate surface area is 104 Å². The van der Waals surface area contributed by atoms with Crippen LogP contribution in [0.4, 0.5) is 5.69 Å². The van der Waals surface area contributed by atoms with Crippen molar-refractivity contribution in [3.8, 4) is 0 Å². The van der Waals surface area contributed by atoms with Gasteiger partial charge in [0.25, 0.3) is 0 Å². The Kier molecular flexibility index (Phi) is 3.69. The fraction of sp³-hybridized carbons (Fsp3) is 0.364. The smallest absolute Gasteiger partial charge is 0.224 e. The van der Waals surface area contributed by atoms with Crippen LogP contribution < -0.4 is 5.32 Å². The highest BCUT2D eigenvalue weighted by atomic mass is 35.5. The van der Waals surface area contributed by atoms with Crippen LogP contribution in [0.5, 0.6) is 0 Å². The summed E-state index contributed by atoms with van der Waals surface area (Å²) in [5.41, 5.74) is 0.555. The molecule has 0 saturated carbocycles. The number of amides is 1. The number of hydrogen-bond acceptors (Lipinski definition) is 2. The van der Waals surface area contributed by atoms with Crippen molar-refractivity contribution in [1.29, 1.82) is 0 Å². The summed E-state index contributed by atoms with van der Waals surface area (Å²) in [5.74, 6) is 0.274. The molecule has 1 aromatic rings. The van der Waals surface area contributed by atoms with Gasteiger partial charge in [-0.2, -0.15) is 0 Å². The predicted octanol–water partition coefficient (Wildman–Crippen LogP) is 2.97. The molecular weight excluding hydrogens is 249 g/mol. The molecule has 1 aliphatic heterocycles. The molecule has 2 rings (SSSR count). The van der Waals surface area contributed by atoms with Crippen molar-refractivity contribution < 1.29 is 9.53 Å². The number of nitrogens with one attached hydrogen (secondary N) is 1. The topological polar surface area (TPSA) is 38.3 Å². The molecule has 86 valence electrons. The molecule has 0 atom stereocenters. The summed E-state index contributed by atoms with van der Waals surface area (Å²) in [6.07, 6.45) is 0.461. The van der Waals surface area contributed by atoms with E-state index < -0.39 is 0 Å². The molecule has 5 heteroatoms. The second-order valence-corrected chi connectivity index (χ2v) is 4.54. The quantitative estimate of drug-likeness (QED) is 0.907. The zero-order valence-electron chi connectivity index (χ0n) is 8.50. The van der Waals surface area contributed by atoms with Gasteiger partial charge in [0.15, 0.2) is 0 Å². The summed E-state index contributed by atoms with van der Waals surface area (Å²) in [4.78, 5) is 11.6. The lowest BCUT2D eigenvalue weighted by Gasteiger charge is -2.25. The van der Waals surface area contributed by atoms with Crippen molar-refractivity contribution in [3.05, 3.63) is 28.2 Å². The first-order chi connectivity index (χ1) is 7.66. The van der Waals surface area contributed by atoms with Gasteiger partial charge in [-0.25, -0.2) is 0 Å². The van der Waals surface area contributed by atoms with Gasteiger partial charge in [-0.1, -0.05) is 29.3 Å². The molecule has 0 bridgehead atoms. The van der Waals surface area contributed by atoms with Crippen LogP contribution in [-0.4, -0.2) is 19.1 Å². The van der Waals surface area contributed by atoms with E-state index >= 15 is 0 Å². The van der Waals surface area contributed by atoms with E-state index in [1.807, 2.05) is 0 Å². The largest absolute Gasteiger partial charge is 0.381 e. The molecule has 0 spiro atoms. The van der Waals surface area contributed by atoms with Gasteiger partial charge >= 0.3 is 0 Å². The molecule has 1 amide bonds. The van der Waals surface area contributed by atoms with E-state index in [1.165, 1.54) is 0 Å². The normalized spacial score (nSPS) is 15.6. The van der Waals surface area contributed by atoms with E-state index in [-0.39, 0.29) is 5.91 Å². The van der Waals surface area contributed by atoms with Gasteiger partial charge in [0, 0.05) is 12.3 Å². The molecule has 3 nitrogen and oxygen atoms in total. The van der Waals surface area contributed by atoms with Gasteiger partial charge in [-0.3, -0.25) is 4.79 Å². The number of anilines is 1. The fourth-order valence-electron chi connectivity index (χ4n) is 1.47. The molecule has 16 heavy (non-hydrogen) atoms. The third-order valence-corrected chi connectivity index (χ3v) is 3.23. The molecule has 0 aromatic heterocycles. The van der Waals surface area contributed by atoms with Crippen LogP contribution in [0.3, 0.4) is 0 Å². The number of carbonyl (C=O) groups is 1. The van der Waals surface area contributed by atoms with E-state index in [0.717, 1.165) is 0 Å². The van der Waals surface area contributed by atoms with E-state index in [2.05, 4.69) is 5.32 Å². The Hall–Kier alpha value is -0.770. The second kappa shape index (κ2) is 5.04. The van der Waals surface area contributed by atoms with E-state index in [4.69, 9.17) is 27.9 Å². The van der Waals surface area contributed by atoms with Crippen LogP contribution in [0.2, 0.25) is 10.0 Å². The van der Waals surface area contributed by atoms with Crippen molar-refractivity contribution in [2.24, 2.45) is 5.92 Å². The Balaban J connectivity index is 1.97. The predicted molar refractivity (Wildman–Crippen MR) is 64.0 cm³/mol. The third kappa shape index (κ3) is 2.67. The Morgan fingerprint density at radius 3 is 2.81 bits per heavy atom. The number of benzene rings is 1. The van der Waals surface area contributed by atoms with Gasteiger partial charge in [0.05, 0.1) is 28.9 Å². The Bertz CT molecular complexity index is 405. The van der Waals surface area contributed by atoms with Crippen molar-refractivity contribution >= 4 is 34.8 Å². The van der Waals surface area contributed by atoms with Crippen LogP contribution in [0.15, 0.2) is 18.2 Å². The van der Waals surface area contributed by atoms with Crippen molar-refractivity contribution in [2.45, 2.75) is 6.42 Å². The maximum absolute atomic E-state index is 11.6. The summed E-state index contributed by atoms with van der Waals surface area (Å²) in [7, 11) is 0. The molecule has 1 aliphatic rings. The summed E-state index contributed by atoms with van der Waals surface area (Å²) in [6, 6.07) is 5.15. The summed E-state index contributed by atoms with van der Waals surface area (Å²) in [6.45, 7) is 1.33. The van der Waals surface area contributed by atoms with Crippen LogP contribution in [0, 0.1) is 5.92 Å². The lowest BCUT2D eigenvalue weighted by molar-refractivity contribution is -0.121. The third-order valence-electron chi connectivity index (χ3n) is 2.41. The first-order valence-electron chi connectivity index (χ1n) is 4.98. The Morgan fingerprint density at radius 2 is 2.19 bits per heavy atom. The van der Waals surface area contributed by atoms with Crippen LogP contribution in [0.25, 0.3) is 0 Å². The SMILES string of the molecule is O=C(CC1COC1)Nc1cccc(Cl)c1Cl. The summed E-state index contributed by atoms with van der Waals surface area (Å²) in [5, 5.41) is 3.55. The first kappa shape index (κ1) is 11.7. The van der Waals surface area contributed by atoms with Crippen molar-refractivity contribution in [3.63, 3.8) is 0 Å². The van der Waals surface area contributed by atoms with E-state index in [9.17, 15) is 4.79 Å². The van der Waals surface area contributed by atoms with Crippen LogP contribution in [0.1, 0.15) is 6.42 Å². The molecule has 1 aromatic carbocycles. The highest BCUT2D eigenvalue weighted by Crippen LogP contribution is 2.29. The van der Waals surface area contributed by atoms with Crippen LogP contribution >= 0.6 is 23.2 Å². The molecular formula is C11H11Cl2NO2. The van der Waals surface area contributed by atoms with Crippen LogP contribution in [-0.2, 0) is 9.53 Å². The fourth-order valence-corrected chi connectivity index (χ4v) is 1.81. The van der Waals surface area contributed by atoms with Gasteiger partial charge in [0.2, 0.25) is 5.91 Å². The van der Waals surface area contributed by atoms with Crippen molar-refractivity contribution in [2.75, 3.05) is 18.5 Å². The second-order valence-electron chi connectivity index (χ2n) is 3.76. The van der Waals surface area contributed by atoms with E-state index in [0.29, 0.717) is 41.3 Å². The highest BCUT2D eigenvalue weighted by Gasteiger charge is 2.22. The zero-order chi connectivity index (χ0) is 11.5. The standard InChI is InChI=1S/C11H11Cl2NO2/c12-8-2-1-3-9(11(8)13)14-10(15)4-7-5-16-6-7/h1-3,7H,4-6H2,(H,14,15). The average Bonchev–Trinajstić information content (AvgIpc) is 2.19.